The molecule has 61 heavy (non-hydrogen) atoms. The minimum Gasteiger partial charge on any atom is -0.504 e. The van der Waals surface area contributed by atoms with Crippen LogP contribution in [0.4, 0.5) is 9.59 Å². The lowest BCUT2D eigenvalue weighted by Crippen LogP contribution is -2.43. The number of aliphatic hydroxyl groups excluding tert-OH is 1. The molecule has 0 aliphatic heterocycles. The van der Waals surface area contributed by atoms with Gasteiger partial charge in [-0.2, -0.15) is 0 Å². The first-order valence-corrected chi connectivity index (χ1v) is 33.2. The second-order valence-corrected chi connectivity index (χ2v) is 34.9. The van der Waals surface area contributed by atoms with Crippen LogP contribution in [0.2, 0.25) is 37.8 Å². The topological polar surface area (TPSA) is 174 Å². The first kappa shape index (κ1) is 57.8. The van der Waals surface area contributed by atoms with Gasteiger partial charge in [-0.05, 0) is 110 Å². The lowest BCUT2D eigenvalue weighted by Gasteiger charge is -2.36. The standard InChI is InChI=1S/C25H53NO5SSi2.C20H39NO5S/c1-24(2,3)34(7,8)30-22-18-16-14-12-10-9-11-13-15-17-19-25(20-21-25)32(28,29)26-23(27)31-33(4,5)6;1-19(2,3)26-18(23)21-27(24,25)20(15-16-20)14-12-10-8-6-4-5-7-9-11-13-17-22/h9-22H2,1-8H3,(H,26,27);22H,4-17H2,1-3H3,(H,21,23). The van der Waals surface area contributed by atoms with Gasteiger partial charge in [0, 0.05) is 13.2 Å². The number of aliphatic hydroxyl groups is 1. The Morgan fingerprint density at radius 2 is 0.869 bits per heavy atom. The second kappa shape index (κ2) is 26.7. The molecule has 0 saturated heterocycles. The van der Waals surface area contributed by atoms with E-state index in [0.29, 0.717) is 50.2 Å². The molecular weight excluding hydrogens is 849 g/mol. The zero-order chi connectivity index (χ0) is 46.5. The molecule has 0 bridgehead atoms. The lowest BCUT2D eigenvalue weighted by atomic mass is 10.0. The fourth-order valence-corrected chi connectivity index (χ4v) is 11.9. The zero-order valence-electron chi connectivity index (χ0n) is 40.7. The van der Waals surface area contributed by atoms with Crippen molar-refractivity contribution in [2.45, 2.75) is 261 Å². The molecule has 0 atom stereocenters. The molecule has 2 saturated carbocycles. The van der Waals surface area contributed by atoms with Gasteiger partial charge in [-0.15, -0.1) is 0 Å². The van der Waals surface area contributed by atoms with Crippen molar-refractivity contribution in [3.63, 3.8) is 0 Å². The number of hydrogen-bond acceptors (Lipinski definition) is 10. The Bertz CT molecular complexity index is 1480. The van der Waals surface area contributed by atoms with Crippen LogP contribution in [0.25, 0.3) is 0 Å². The highest BCUT2D eigenvalue weighted by atomic mass is 32.2. The van der Waals surface area contributed by atoms with Crippen LogP contribution in [0.3, 0.4) is 0 Å². The molecule has 2 aliphatic rings. The summed E-state index contributed by atoms with van der Waals surface area (Å²) < 4.78 is 69.6. The van der Waals surface area contributed by atoms with Gasteiger partial charge in [0.2, 0.25) is 28.4 Å². The summed E-state index contributed by atoms with van der Waals surface area (Å²) in [4.78, 5) is 23.7. The van der Waals surface area contributed by atoms with Crippen LogP contribution in [0.5, 0.6) is 0 Å². The predicted octanol–water partition coefficient (Wildman–Crippen LogP) is 12.4. The molecule has 12 nitrogen and oxygen atoms in total. The highest BCUT2D eigenvalue weighted by Gasteiger charge is 2.55. The lowest BCUT2D eigenvalue weighted by molar-refractivity contribution is 0.0569. The van der Waals surface area contributed by atoms with Gasteiger partial charge in [0.25, 0.3) is 0 Å². The molecule has 0 spiro atoms. The number of sulfonamides is 2. The van der Waals surface area contributed by atoms with Crippen molar-refractivity contribution in [3.05, 3.63) is 0 Å². The van der Waals surface area contributed by atoms with Gasteiger partial charge < -0.3 is 18.7 Å². The number of ether oxygens (including phenoxy) is 1. The first-order valence-electron chi connectivity index (χ1n) is 23.9. The van der Waals surface area contributed by atoms with Crippen LogP contribution in [-0.4, -0.2) is 79.1 Å². The summed E-state index contributed by atoms with van der Waals surface area (Å²) in [5, 5.41) is 9.01. The molecule has 362 valence electrons. The zero-order valence-corrected chi connectivity index (χ0v) is 44.4. The molecule has 0 radical (unpaired) electrons. The van der Waals surface area contributed by atoms with Crippen molar-refractivity contribution in [2.24, 2.45) is 0 Å². The predicted molar refractivity (Wildman–Crippen MR) is 256 cm³/mol. The summed E-state index contributed by atoms with van der Waals surface area (Å²) in [7, 11) is -11.0. The van der Waals surface area contributed by atoms with E-state index in [1.54, 1.807) is 20.8 Å². The molecule has 0 aromatic heterocycles. The number of carbonyl (C=O) groups excluding carboxylic acids is 2. The molecule has 3 N–H and O–H groups in total. The van der Waals surface area contributed by atoms with Crippen LogP contribution < -0.4 is 9.44 Å². The normalized spacial score (nSPS) is 16.3. The van der Waals surface area contributed by atoms with Crippen LogP contribution in [0.1, 0.15) is 208 Å². The maximum atomic E-state index is 12.6. The van der Waals surface area contributed by atoms with Gasteiger partial charge in [0.15, 0.2) is 8.32 Å². The van der Waals surface area contributed by atoms with Crippen molar-refractivity contribution >= 4 is 48.9 Å². The van der Waals surface area contributed by atoms with Crippen LogP contribution >= 0.6 is 0 Å². The van der Waals surface area contributed by atoms with E-state index in [0.717, 1.165) is 58.0 Å². The summed E-state index contributed by atoms with van der Waals surface area (Å²) in [6.07, 6.45) is 25.1. The van der Waals surface area contributed by atoms with Crippen LogP contribution in [0, 0.1) is 0 Å². The van der Waals surface area contributed by atoms with E-state index in [-0.39, 0.29) is 0 Å². The number of carbonyl (C=O) groups is 2. The van der Waals surface area contributed by atoms with Gasteiger partial charge in [-0.1, -0.05) is 136 Å². The number of rotatable bonds is 31. The van der Waals surface area contributed by atoms with Gasteiger partial charge >= 0.3 is 12.2 Å². The van der Waals surface area contributed by atoms with Crippen molar-refractivity contribution in [1.29, 1.82) is 0 Å². The molecule has 2 fully saturated rings. The third-order valence-corrected chi connectivity index (χ3v) is 22.0. The highest BCUT2D eigenvalue weighted by molar-refractivity contribution is 7.92. The summed E-state index contributed by atoms with van der Waals surface area (Å²) in [5.41, 5.74) is -0.713. The van der Waals surface area contributed by atoms with E-state index < -0.39 is 64.0 Å². The maximum Gasteiger partial charge on any atom is 0.421 e. The molecular formula is C45H92N2O10S2Si2. The Morgan fingerprint density at radius 3 is 1.18 bits per heavy atom. The van der Waals surface area contributed by atoms with Crippen LogP contribution in [-0.2, 0) is 33.6 Å². The molecule has 2 rings (SSSR count). The van der Waals surface area contributed by atoms with E-state index in [1.165, 1.54) is 77.0 Å². The average molecular weight is 942 g/mol. The Kier molecular flexibility index (Phi) is 25.3. The fourth-order valence-electron chi connectivity index (χ4n) is 7.10. The molecule has 16 heteroatoms. The maximum absolute atomic E-state index is 12.6. The van der Waals surface area contributed by atoms with E-state index >= 15 is 0 Å². The average Bonchev–Trinajstić information content (AvgIpc) is 4.03. The first-order chi connectivity index (χ1) is 28.1. The molecule has 0 aromatic rings. The molecule has 0 heterocycles. The molecule has 2 amide bonds. The van der Waals surface area contributed by atoms with Crippen LogP contribution in [0.15, 0.2) is 0 Å². The quantitative estimate of drug-likeness (QED) is 0.0448. The van der Waals surface area contributed by atoms with Crippen molar-refractivity contribution in [1.82, 2.24) is 9.44 Å². The third-order valence-electron chi connectivity index (χ3n) is 12.3. The summed E-state index contributed by atoms with van der Waals surface area (Å²) in [6, 6.07) is 0. The number of amides is 2. The van der Waals surface area contributed by atoms with E-state index in [9.17, 15) is 26.4 Å². The van der Waals surface area contributed by atoms with Gasteiger partial charge in [-0.25, -0.2) is 35.9 Å². The molecule has 0 aromatic carbocycles. The number of unbranched alkanes of at least 4 members (excludes halogenated alkanes) is 18. The highest BCUT2D eigenvalue weighted by Crippen LogP contribution is 2.48. The molecule has 0 unspecified atom stereocenters. The Balaban J connectivity index is 0.000000626. The van der Waals surface area contributed by atoms with Crippen molar-refractivity contribution in [2.75, 3.05) is 13.2 Å². The number of nitrogens with one attached hydrogen (secondary N) is 2. The van der Waals surface area contributed by atoms with E-state index in [4.69, 9.17) is 18.7 Å². The van der Waals surface area contributed by atoms with Gasteiger partial charge in [0.05, 0.1) is 9.49 Å². The van der Waals surface area contributed by atoms with Crippen molar-refractivity contribution < 1.29 is 45.1 Å². The Hall–Kier alpha value is -1.21. The summed E-state index contributed by atoms with van der Waals surface area (Å²) in [6.45, 7) is 23.4. The van der Waals surface area contributed by atoms with Crippen molar-refractivity contribution in [3.8, 4) is 0 Å². The SMILES string of the molecule is CC(C)(C)OC(=O)NS(=O)(=O)C1(CCCCCCCCCCCCO)CC1.CC(C)(C)[Si](C)(C)OCCCCCCCCCCCCC1(S(=O)(=O)NC(=O)O[Si](C)(C)C)CC1. The Morgan fingerprint density at radius 1 is 0.541 bits per heavy atom. The summed E-state index contributed by atoms with van der Waals surface area (Å²) in [5.74, 6) is 0. The summed E-state index contributed by atoms with van der Waals surface area (Å²) >= 11 is 0. The smallest absolute Gasteiger partial charge is 0.421 e. The second-order valence-electron chi connectivity index (χ2n) is 21.5. The largest absolute Gasteiger partial charge is 0.504 e. The van der Waals surface area contributed by atoms with E-state index in [1.807, 2.05) is 19.6 Å². The Labute approximate surface area is 376 Å². The minimum absolute atomic E-state index is 0.290. The monoisotopic (exact) mass is 941 g/mol. The minimum atomic E-state index is -3.68. The molecule has 2 aliphatic carbocycles. The van der Waals surface area contributed by atoms with E-state index in [2.05, 4.69) is 43.3 Å². The van der Waals surface area contributed by atoms with Gasteiger partial charge in [-0.3, -0.25) is 0 Å². The third kappa shape index (κ3) is 24.6. The number of hydrogen-bond donors (Lipinski definition) is 3. The van der Waals surface area contributed by atoms with Gasteiger partial charge in [0.1, 0.15) is 5.60 Å². The fraction of sp³-hybridized carbons (Fsp3) is 0.956.